The Morgan fingerprint density at radius 3 is 3.00 bits per heavy atom. The van der Waals surface area contributed by atoms with Crippen LogP contribution in [-0.2, 0) is 4.74 Å². The highest BCUT2D eigenvalue weighted by atomic mass is 16.5. The van der Waals surface area contributed by atoms with E-state index in [4.69, 9.17) is 4.74 Å². The lowest BCUT2D eigenvalue weighted by molar-refractivity contribution is 0.129. The number of ether oxygens (including phenoxy) is 1. The van der Waals surface area contributed by atoms with Crippen molar-refractivity contribution in [1.82, 2.24) is 4.98 Å². The molecule has 0 aliphatic heterocycles. The van der Waals surface area contributed by atoms with Gasteiger partial charge >= 0.3 is 0 Å². The van der Waals surface area contributed by atoms with Gasteiger partial charge in [0, 0.05) is 38.7 Å². The van der Waals surface area contributed by atoms with Gasteiger partial charge in [-0.2, -0.15) is 0 Å². The Bertz CT molecular complexity index is 278. The van der Waals surface area contributed by atoms with Crippen LogP contribution in [0.5, 0.6) is 0 Å². The number of nitrogens with zero attached hydrogens (tertiary/aromatic N) is 1. The number of nitrogens with one attached hydrogen (secondary N) is 2. The molecule has 1 unspecified atom stereocenters. The van der Waals surface area contributed by atoms with Crippen LogP contribution >= 0.6 is 0 Å². The van der Waals surface area contributed by atoms with Gasteiger partial charge in [0.1, 0.15) is 5.82 Å². The largest absolute Gasteiger partial charge is 0.382 e. The number of aromatic nitrogens is 1. The molecule has 0 aliphatic rings. The summed E-state index contributed by atoms with van der Waals surface area (Å²) in [5, 5.41) is 6.25. The Morgan fingerprint density at radius 2 is 2.36 bits per heavy atom. The van der Waals surface area contributed by atoms with Crippen LogP contribution in [0.4, 0.5) is 11.5 Å². The second kappa shape index (κ2) is 5.44. The summed E-state index contributed by atoms with van der Waals surface area (Å²) in [5.41, 5.74) is 1.05. The Kier molecular flexibility index (Phi) is 4.19. The molecule has 14 heavy (non-hydrogen) atoms. The smallest absolute Gasteiger partial charge is 0.127 e. The summed E-state index contributed by atoms with van der Waals surface area (Å²) in [5.74, 6) is 0.861. The summed E-state index contributed by atoms with van der Waals surface area (Å²) in [6, 6.07) is 3.89. The predicted molar refractivity (Wildman–Crippen MR) is 58.7 cm³/mol. The van der Waals surface area contributed by atoms with Crippen molar-refractivity contribution in [2.45, 2.75) is 13.0 Å². The molecule has 1 atom stereocenters. The van der Waals surface area contributed by atoms with E-state index >= 15 is 0 Å². The first-order valence-electron chi connectivity index (χ1n) is 4.66. The summed E-state index contributed by atoms with van der Waals surface area (Å²) in [6.07, 6.45) is 1.98. The van der Waals surface area contributed by atoms with Gasteiger partial charge in [-0.25, -0.2) is 4.98 Å². The first kappa shape index (κ1) is 10.8. The quantitative estimate of drug-likeness (QED) is 0.748. The summed E-state index contributed by atoms with van der Waals surface area (Å²) >= 11 is 0. The molecule has 1 aromatic rings. The van der Waals surface area contributed by atoms with Crippen LogP contribution < -0.4 is 10.6 Å². The SMILES string of the molecule is CNc1cc(NCC(C)OC)ccn1. The average Bonchev–Trinajstić information content (AvgIpc) is 2.26. The molecule has 0 bridgehead atoms. The number of pyridine rings is 1. The van der Waals surface area contributed by atoms with E-state index in [2.05, 4.69) is 15.6 Å². The molecule has 1 heterocycles. The first-order chi connectivity index (χ1) is 6.76. The lowest BCUT2D eigenvalue weighted by atomic mass is 10.3. The van der Waals surface area contributed by atoms with Crippen LogP contribution in [0, 0.1) is 0 Å². The van der Waals surface area contributed by atoms with E-state index in [1.165, 1.54) is 0 Å². The van der Waals surface area contributed by atoms with Gasteiger partial charge in [0.25, 0.3) is 0 Å². The van der Waals surface area contributed by atoms with E-state index in [-0.39, 0.29) is 6.10 Å². The van der Waals surface area contributed by atoms with Crippen LogP contribution in [0.1, 0.15) is 6.92 Å². The molecule has 0 amide bonds. The number of rotatable bonds is 5. The average molecular weight is 195 g/mol. The van der Waals surface area contributed by atoms with E-state index in [0.29, 0.717) is 0 Å². The minimum Gasteiger partial charge on any atom is -0.382 e. The molecule has 0 aromatic carbocycles. The van der Waals surface area contributed by atoms with Gasteiger partial charge in [-0.05, 0) is 13.0 Å². The molecule has 0 aliphatic carbocycles. The van der Waals surface area contributed by atoms with Crippen molar-refractivity contribution in [1.29, 1.82) is 0 Å². The van der Waals surface area contributed by atoms with Crippen LogP contribution in [0.3, 0.4) is 0 Å². The Labute approximate surface area is 84.7 Å². The molecule has 1 rings (SSSR count). The van der Waals surface area contributed by atoms with Gasteiger partial charge in [-0.3, -0.25) is 0 Å². The minimum absolute atomic E-state index is 0.209. The van der Waals surface area contributed by atoms with Crippen LogP contribution in [-0.4, -0.2) is 31.8 Å². The van der Waals surface area contributed by atoms with Crippen LogP contribution in [0.15, 0.2) is 18.3 Å². The second-order valence-corrected chi connectivity index (χ2v) is 3.11. The normalized spacial score (nSPS) is 12.2. The predicted octanol–water partition coefficient (Wildman–Crippen LogP) is 1.57. The van der Waals surface area contributed by atoms with Crippen molar-refractivity contribution in [3.63, 3.8) is 0 Å². The molecule has 78 valence electrons. The summed E-state index contributed by atoms with van der Waals surface area (Å²) < 4.78 is 5.13. The standard InChI is InChI=1S/C10H17N3O/c1-8(14-3)7-13-9-4-5-12-10(6-9)11-2/h4-6,8H,7H2,1-3H3,(H2,11,12,13). The molecular formula is C10H17N3O. The molecule has 0 radical (unpaired) electrons. The summed E-state index contributed by atoms with van der Waals surface area (Å²) in [4.78, 5) is 4.12. The monoisotopic (exact) mass is 195 g/mol. The topological polar surface area (TPSA) is 46.2 Å². The number of hydrogen-bond acceptors (Lipinski definition) is 4. The van der Waals surface area contributed by atoms with Crippen molar-refractivity contribution in [2.24, 2.45) is 0 Å². The summed E-state index contributed by atoms with van der Waals surface area (Å²) in [7, 11) is 3.56. The first-order valence-corrected chi connectivity index (χ1v) is 4.66. The van der Waals surface area contributed by atoms with E-state index in [0.717, 1.165) is 18.1 Å². The molecule has 0 saturated heterocycles. The number of methoxy groups -OCH3 is 1. The van der Waals surface area contributed by atoms with Crippen LogP contribution in [0.2, 0.25) is 0 Å². The molecule has 1 aromatic heterocycles. The maximum Gasteiger partial charge on any atom is 0.127 e. The fourth-order valence-corrected chi connectivity index (χ4v) is 1.02. The van der Waals surface area contributed by atoms with Crippen molar-refractivity contribution >= 4 is 11.5 Å². The van der Waals surface area contributed by atoms with E-state index in [9.17, 15) is 0 Å². The van der Waals surface area contributed by atoms with Crippen molar-refractivity contribution in [2.75, 3.05) is 31.3 Å². The maximum absolute atomic E-state index is 5.13. The van der Waals surface area contributed by atoms with E-state index < -0.39 is 0 Å². The fourth-order valence-electron chi connectivity index (χ4n) is 1.02. The summed E-state index contributed by atoms with van der Waals surface area (Å²) in [6.45, 7) is 2.82. The van der Waals surface area contributed by atoms with Gasteiger partial charge in [-0.15, -0.1) is 0 Å². The zero-order valence-electron chi connectivity index (χ0n) is 8.87. The van der Waals surface area contributed by atoms with Gasteiger partial charge in [0.15, 0.2) is 0 Å². The highest BCUT2D eigenvalue weighted by Gasteiger charge is 1.99. The van der Waals surface area contributed by atoms with E-state index in [1.807, 2.05) is 26.1 Å². The maximum atomic E-state index is 5.13. The molecule has 0 fully saturated rings. The third-order valence-electron chi connectivity index (χ3n) is 2.01. The van der Waals surface area contributed by atoms with Crippen LogP contribution in [0.25, 0.3) is 0 Å². The van der Waals surface area contributed by atoms with Crippen molar-refractivity contribution in [3.05, 3.63) is 18.3 Å². The molecule has 0 saturated carbocycles. The molecule has 4 nitrogen and oxygen atoms in total. The van der Waals surface area contributed by atoms with Gasteiger partial charge in [0.05, 0.1) is 6.10 Å². The zero-order chi connectivity index (χ0) is 10.4. The van der Waals surface area contributed by atoms with Gasteiger partial charge < -0.3 is 15.4 Å². The Hall–Kier alpha value is -1.29. The molecule has 4 heteroatoms. The van der Waals surface area contributed by atoms with Crippen molar-refractivity contribution < 1.29 is 4.74 Å². The lowest BCUT2D eigenvalue weighted by Gasteiger charge is -2.12. The number of hydrogen-bond donors (Lipinski definition) is 2. The third-order valence-corrected chi connectivity index (χ3v) is 2.01. The number of anilines is 2. The molecule has 0 spiro atoms. The fraction of sp³-hybridized carbons (Fsp3) is 0.500. The van der Waals surface area contributed by atoms with Gasteiger partial charge in [-0.1, -0.05) is 0 Å². The molecular weight excluding hydrogens is 178 g/mol. The zero-order valence-corrected chi connectivity index (χ0v) is 8.87. The highest BCUT2D eigenvalue weighted by Crippen LogP contribution is 2.11. The molecule has 2 N–H and O–H groups in total. The minimum atomic E-state index is 0.209. The Balaban J connectivity index is 2.50. The van der Waals surface area contributed by atoms with E-state index in [1.54, 1.807) is 13.3 Å². The van der Waals surface area contributed by atoms with Gasteiger partial charge in [0.2, 0.25) is 0 Å². The third kappa shape index (κ3) is 3.22. The highest BCUT2D eigenvalue weighted by molar-refractivity contribution is 5.51. The van der Waals surface area contributed by atoms with Crippen molar-refractivity contribution in [3.8, 4) is 0 Å². The Morgan fingerprint density at radius 1 is 1.57 bits per heavy atom. The lowest BCUT2D eigenvalue weighted by Crippen LogP contribution is -2.18. The second-order valence-electron chi connectivity index (χ2n) is 3.11.